The van der Waals surface area contributed by atoms with Crippen LogP contribution in [0.1, 0.15) is 55.3 Å². The van der Waals surface area contributed by atoms with Gasteiger partial charge in [0.15, 0.2) is 0 Å². The lowest BCUT2D eigenvalue weighted by Gasteiger charge is -2.44. The number of carbonyl (C=O) groups excluding carboxylic acids is 2. The van der Waals surface area contributed by atoms with E-state index in [-0.39, 0.29) is 60.8 Å². The van der Waals surface area contributed by atoms with Crippen LogP contribution in [0.4, 0.5) is 4.39 Å². The molecule has 1 N–H and O–H groups in total. The maximum Gasteiger partial charge on any atom is 0.306 e. The van der Waals surface area contributed by atoms with Crippen LogP contribution in [0.2, 0.25) is 5.02 Å². The fourth-order valence-corrected chi connectivity index (χ4v) is 5.03. The number of aliphatic carboxylic acids is 1. The molecule has 1 aliphatic heterocycles. The molecule has 0 aromatic heterocycles. The Labute approximate surface area is 214 Å². The van der Waals surface area contributed by atoms with Crippen molar-refractivity contribution in [2.75, 3.05) is 13.2 Å². The van der Waals surface area contributed by atoms with Crippen LogP contribution in [0, 0.1) is 18.7 Å². The van der Waals surface area contributed by atoms with E-state index in [0.717, 1.165) is 16.7 Å². The van der Waals surface area contributed by atoms with Crippen LogP contribution in [0.25, 0.3) is 0 Å². The Balaban J connectivity index is 1.45. The molecule has 2 aromatic rings. The Morgan fingerprint density at radius 3 is 2.50 bits per heavy atom. The Morgan fingerprint density at radius 1 is 1.19 bits per heavy atom. The number of carboxylic acids is 1. The van der Waals surface area contributed by atoms with Gasteiger partial charge in [-0.2, -0.15) is 0 Å². The first-order valence-electron chi connectivity index (χ1n) is 12.1. The minimum atomic E-state index is -0.786. The molecule has 9 heteroatoms. The van der Waals surface area contributed by atoms with Gasteiger partial charge in [0.25, 0.3) is 0 Å². The van der Waals surface area contributed by atoms with E-state index in [1.165, 1.54) is 11.0 Å². The van der Waals surface area contributed by atoms with Crippen LogP contribution in [-0.2, 0) is 20.9 Å². The van der Waals surface area contributed by atoms with E-state index in [1.807, 2.05) is 32.0 Å². The number of nitrogens with zero attached hydrogens (tertiary/aromatic N) is 2. The number of imide groups is 1. The van der Waals surface area contributed by atoms with Gasteiger partial charge >= 0.3 is 5.97 Å². The molecular formula is C27H30ClFN2O5. The van der Waals surface area contributed by atoms with Gasteiger partial charge in [-0.05, 0) is 61.6 Å². The van der Waals surface area contributed by atoms with E-state index in [4.69, 9.17) is 16.3 Å². The number of benzene rings is 2. The topological polar surface area (TPSA) is 87.2 Å². The minimum Gasteiger partial charge on any atom is -0.491 e. The molecule has 7 nitrogen and oxygen atoms in total. The second-order valence-corrected chi connectivity index (χ2v) is 9.98. The van der Waals surface area contributed by atoms with Crippen molar-refractivity contribution in [3.63, 3.8) is 0 Å². The smallest absolute Gasteiger partial charge is 0.306 e. The molecule has 192 valence electrons. The van der Waals surface area contributed by atoms with Gasteiger partial charge in [-0.3, -0.25) is 24.2 Å². The molecular weight excluding hydrogens is 487 g/mol. The summed E-state index contributed by atoms with van der Waals surface area (Å²) in [5.41, 5.74) is 2.71. The number of halogens is 2. The Morgan fingerprint density at radius 2 is 1.89 bits per heavy atom. The molecule has 2 aromatic carbocycles. The Bertz CT molecular complexity index is 1150. The van der Waals surface area contributed by atoms with Crippen LogP contribution in [0.5, 0.6) is 5.75 Å². The van der Waals surface area contributed by atoms with Gasteiger partial charge in [-0.25, -0.2) is 4.39 Å². The molecule has 36 heavy (non-hydrogen) atoms. The van der Waals surface area contributed by atoms with Crippen LogP contribution in [-0.4, -0.2) is 51.9 Å². The molecule has 2 aliphatic rings. The lowest BCUT2D eigenvalue weighted by molar-refractivity contribution is -0.147. The van der Waals surface area contributed by atoms with E-state index in [9.17, 15) is 23.9 Å². The van der Waals surface area contributed by atoms with Crippen LogP contribution >= 0.6 is 11.6 Å². The fraction of sp³-hybridized carbons (Fsp3) is 0.444. The molecule has 1 heterocycles. The molecule has 0 spiro atoms. The summed E-state index contributed by atoms with van der Waals surface area (Å²) in [5.74, 6) is -1.28. The zero-order chi connectivity index (χ0) is 26.0. The molecule has 1 atom stereocenters. The highest BCUT2D eigenvalue weighted by atomic mass is 35.5. The number of aryl methyl sites for hydroxylation is 1. The maximum absolute atomic E-state index is 14.2. The first kappa shape index (κ1) is 26.1. The molecule has 1 saturated heterocycles. The first-order chi connectivity index (χ1) is 17.1. The molecule has 2 fully saturated rings. The van der Waals surface area contributed by atoms with Crippen molar-refractivity contribution in [2.45, 2.75) is 58.2 Å². The number of rotatable bonds is 10. The summed E-state index contributed by atoms with van der Waals surface area (Å²) >= 11 is 5.87. The van der Waals surface area contributed by atoms with Crippen molar-refractivity contribution < 1.29 is 28.6 Å². The lowest BCUT2D eigenvalue weighted by Crippen LogP contribution is -2.47. The van der Waals surface area contributed by atoms with Gasteiger partial charge in [0.1, 0.15) is 18.2 Å². The van der Waals surface area contributed by atoms with Crippen LogP contribution in [0.3, 0.4) is 0 Å². The van der Waals surface area contributed by atoms with E-state index in [2.05, 4.69) is 4.90 Å². The molecule has 0 radical (unpaired) electrons. The molecule has 1 aliphatic carbocycles. The average molecular weight is 517 g/mol. The fourth-order valence-electron chi connectivity index (χ4n) is 4.91. The summed E-state index contributed by atoms with van der Waals surface area (Å²) < 4.78 is 20.0. The quantitative estimate of drug-likeness (QED) is 0.459. The summed E-state index contributed by atoms with van der Waals surface area (Å²) in [7, 11) is 0. The van der Waals surface area contributed by atoms with Gasteiger partial charge < -0.3 is 9.84 Å². The number of likely N-dealkylation sites (tertiary alicyclic amines) is 1. The maximum atomic E-state index is 14.2. The van der Waals surface area contributed by atoms with Gasteiger partial charge in [0.05, 0.1) is 17.5 Å². The number of carboxylic acid groups (broad SMARTS) is 1. The van der Waals surface area contributed by atoms with Gasteiger partial charge in [0.2, 0.25) is 11.8 Å². The predicted molar refractivity (Wildman–Crippen MR) is 132 cm³/mol. The second kappa shape index (κ2) is 11.0. The predicted octanol–water partition coefficient (Wildman–Crippen LogP) is 4.74. The molecule has 2 amide bonds. The molecule has 0 bridgehead atoms. The zero-order valence-electron chi connectivity index (χ0n) is 20.4. The third-order valence-corrected chi connectivity index (χ3v) is 7.49. The van der Waals surface area contributed by atoms with Crippen molar-refractivity contribution in [2.24, 2.45) is 5.92 Å². The summed E-state index contributed by atoms with van der Waals surface area (Å²) in [6.07, 6.45) is 1.62. The molecule has 1 saturated carbocycles. The van der Waals surface area contributed by atoms with Crippen LogP contribution < -0.4 is 4.74 Å². The summed E-state index contributed by atoms with van der Waals surface area (Å²) in [4.78, 5) is 38.4. The third-order valence-electron chi connectivity index (χ3n) is 7.19. The number of carbonyl (C=O) groups is 3. The van der Waals surface area contributed by atoms with Gasteiger partial charge in [0, 0.05) is 31.5 Å². The van der Waals surface area contributed by atoms with E-state index >= 15 is 0 Å². The number of hydrogen-bond acceptors (Lipinski definition) is 5. The summed E-state index contributed by atoms with van der Waals surface area (Å²) in [5, 5.41) is 9.41. The first-order valence-corrected chi connectivity index (χ1v) is 12.5. The second-order valence-electron chi connectivity index (χ2n) is 9.57. The summed E-state index contributed by atoms with van der Waals surface area (Å²) in [6.45, 7) is 4.93. The Hall–Kier alpha value is -2.97. The van der Waals surface area contributed by atoms with Crippen molar-refractivity contribution in [3.8, 4) is 5.75 Å². The van der Waals surface area contributed by atoms with Crippen molar-refractivity contribution in [1.82, 2.24) is 9.80 Å². The monoisotopic (exact) mass is 516 g/mol. The average Bonchev–Trinajstić information content (AvgIpc) is 3.12. The highest BCUT2D eigenvalue weighted by molar-refractivity contribution is 6.30. The number of amides is 2. The lowest BCUT2D eigenvalue weighted by atomic mass is 9.78. The van der Waals surface area contributed by atoms with E-state index < -0.39 is 11.8 Å². The number of ether oxygens (including phenoxy) is 1. The minimum absolute atomic E-state index is 0.0617. The normalized spacial score (nSPS) is 20.5. The van der Waals surface area contributed by atoms with E-state index in [0.29, 0.717) is 25.1 Å². The van der Waals surface area contributed by atoms with E-state index in [1.54, 1.807) is 12.1 Å². The highest BCUT2D eigenvalue weighted by Crippen LogP contribution is 2.38. The largest absolute Gasteiger partial charge is 0.491 e. The zero-order valence-corrected chi connectivity index (χ0v) is 21.1. The van der Waals surface area contributed by atoms with Crippen LogP contribution in [0.15, 0.2) is 36.4 Å². The SMILES string of the molecule is Cc1cc(CN(C2CC(C(=O)O)C2)C(C)c2ccc(Cl)c(F)c2)ccc1OCCN1C(=O)CCC1=O. The van der Waals surface area contributed by atoms with Gasteiger partial charge in [-0.15, -0.1) is 0 Å². The van der Waals surface area contributed by atoms with Crippen molar-refractivity contribution in [1.29, 1.82) is 0 Å². The highest BCUT2D eigenvalue weighted by Gasteiger charge is 2.40. The van der Waals surface area contributed by atoms with Crippen molar-refractivity contribution >= 4 is 29.4 Å². The number of hydrogen-bond donors (Lipinski definition) is 1. The van der Waals surface area contributed by atoms with Crippen molar-refractivity contribution in [3.05, 3.63) is 63.9 Å². The molecule has 4 rings (SSSR count). The van der Waals surface area contributed by atoms with Gasteiger partial charge in [-0.1, -0.05) is 29.8 Å². The summed E-state index contributed by atoms with van der Waals surface area (Å²) in [6, 6.07) is 10.5. The third kappa shape index (κ3) is 5.71. The Kier molecular flexibility index (Phi) is 7.95. The molecule has 1 unspecified atom stereocenters. The standard InChI is InChI=1S/C27H30ClFN2O5/c1-16-11-18(3-6-24(16)36-10-9-30-25(32)7-8-26(30)33)15-31(21-12-20(13-21)27(34)35)17(2)19-4-5-22(28)23(29)14-19/h3-6,11,14,17,20-21H,7-10,12-13,15H2,1-2H3,(H,34,35).